The average molecular weight is 250 g/mol. The first-order valence-electron chi connectivity index (χ1n) is 6.11. The molecular formula is C12H18N4O2. The normalized spacial score (nSPS) is 23.4. The van der Waals surface area contributed by atoms with Gasteiger partial charge < -0.3 is 15.8 Å². The molecule has 6 heteroatoms. The van der Waals surface area contributed by atoms with Crippen molar-refractivity contribution >= 4 is 5.91 Å². The summed E-state index contributed by atoms with van der Waals surface area (Å²) in [6.45, 7) is 0. The van der Waals surface area contributed by atoms with E-state index in [0.29, 0.717) is 5.88 Å². The zero-order valence-electron chi connectivity index (χ0n) is 10.4. The first kappa shape index (κ1) is 12.8. The van der Waals surface area contributed by atoms with Gasteiger partial charge in [-0.2, -0.15) is 0 Å². The van der Waals surface area contributed by atoms with Crippen molar-refractivity contribution in [1.29, 1.82) is 0 Å². The molecule has 1 amide bonds. The summed E-state index contributed by atoms with van der Waals surface area (Å²) >= 11 is 0. The molecule has 0 saturated heterocycles. The van der Waals surface area contributed by atoms with E-state index in [4.69, 9.17) is 10.5 Å². The molecule has 98 valence electrons. The monoisotopic (exact) mass is 250 g/mol. The molecule has 1 fully saturated rings. The highest BCUT2D eigenvalue weighted by Crippen LogP contribution is 2.17. The first-order valence-corrected chi connectivity index (χ1v) is 6.11. The Morgan fingerprint density at radius 2 is 2.11 bits per heavy atom. The minimum atomic E-state index is -0.207. The molecule has 0 spiro atoms. The summed E-state index contributed by atoms with van der Waals surface area (Å²) in [6, 6.07) is 0.458. The lowest BCUT2D eigenvalue weighted by Gasteiger charge is -2.26. The largest absolute Gasteiger partial charge is 0.480 e. The molecule has 1 aliphatic carbocycles. The van der Waals surface area contributed by atoms with Crippen molar-refractivity contribution in [2.45, 2.75) is 37.8 Å². The molecule has 1 aromatic rings. The number of amides is 1. The van der Waals surface area contributed by atoms with E-state index in [2.05, 4.69) is 15.3 Å². The number of methoxy groups -OCH3 is 1. The van der Waals surface area contributed by atoms with Gasteiger partial charge >= 0.3 is 0 Å². The number of nitrogens with one attached hydrogen (secondary N) is 1. The Labute approximate surface area is 106 Å². The minimum Gasteiger partial charge on any atom is -0.480 e. The summed E-state index contributed by atoms with van der Waals surface area (Å²) in [5, 5.41) is 2.95. The third-order valence-corrected chi connectivity index (χ3v) is 3.16. The third-order valence-electron chi connectivity index (χ3n) is 3.16. The van der Waals surface area contributed by atoms with Crippen LogP contribution < -0.4 is 15.8 Å². The summed E-state index contributed by atoms with van der Waals surface area (Å²) < 4.78 is 4.94. The Balaban J connectivity index is 1.94. The van der Waals surface area contributed by atoms with Gasteiger partial charge in [0.15, 0.2) is 0 Å². The van der Waals surface area contributed by atoms with E-state index in [-0.39, 0.29) is 23.7 Å². The highest BCUT2D eigenvalue weighted by Gasteiger charge is 2.21. The van der Waals surface area contributed by atoms with Crippen molar-refractivity contribution in [1.82, 2.24) is 15.3 Å². The number of nitrogens with two attached hydrogens (primary N) is 1. The van der Waals surface area contributed by atoms with Gasteiger partial charge in [0.2, 0.25) is 5.88 Å². The molecule has 0 bridgehead atoms. The van der Waals surface area contributed by atoms with Crippen LogP contribution in [0.4, 0.5) is 0 Å². The second kappa shape index (κ2) is 5.77. The van der Waals surface area contributed by atoms with Crippen molar-refractivity contribution in [3.63, 3.8) is 0 Å². The van der Waals surface area contributed by atoms with E-state index in [9.17, 15) is 4.79 Å². The fraction of sp³-hybridized carbons (Fsp3) is 0.583. The molecule has 3 N–H and O–H groups in total. The van der Waals surface area contributed by atoms with Crippen LogP contribution in [0.1, 0.15) is 36.2 Å². The Morgan fingerprint density at radius 3 is 2.78 bits per heavy atom. The number of hydrogen-bond donors (Lipinski definition) is 2. The van der Waals surface area contributed by atoms with Crippen LogP contribution >= 0.6 is 0 Å². The number of carbonyl (C=O) groups is 1. The van der Waals surface area contributed by atoms with Gasteiger partial charge in [0, 0.05) is 12.1 Å². The van der Waals surface area contributed by atoms with E-state index in [0.717, 1.165) is 25.7 Å². The van der Waals surface area contributed by atoms with Crippen molar-refractivity contribution in [2.75, 3.05) is 7.11 Å². The fourth-order valence-electron chi connectivity index (χ4n) is 2.08. The maximum Gasteiger partial charge on any atom is 0.271 e. The summed E-state index contributed by atoms with van der Waals surface area (Å²) in [5.41, 5.74) is 6.11. The Hall–Kier alpha value is -1.69. The number of ether oxygens (including phenoxy) is 1. The third kappa shape index (κ3) is 3.16. The van der Waals surface area contributed by atoms with Gasteiger partial charge in [-0.3, -0.25) is 9.78 Å². The van der Waals surface area contributed by atoms with Gasteiger partial charge in [0.05, 0.1) is 19.5 Å². The Kier molecular flexibility index (Phi) is 4.09. The highest BCUT2D eigenvalue weighted by atomic mass is 16.5. The summed E-state index contributed by atoms with van der Waals surface area (Å²) in [6.07, 6.45) is 6.65. The highest BCUT2D eigenvalue weighted by molar-refractivity contribution is 5.92. The summed E-state index contributed by atoms with van der Waals surface area (Å²) in [5.74, 6) is 0.134. The van der Waals surface area contributed by atoms with Crippen molar-refractivity contribution in [3.8, 4) is 5.88 Å². The van der Waals surface area contributed by atoms with E-state index < -0.39 is 0 Å². The maximum atomic E-state index is 12.0. The molecular weight excluding hydrogens is 232 g/mol. The van der Waals surface area contributed by atoms with Crippen molar-refractivity contribution < 1.29 is 9.53 Å². The quantitative estimate of drug-likeness (QED) is 0.814. The van der Waals surface area contributed by atoms with E-state index >= 15 is 0 Å². The lowest BCUT2D eigenvalue weighted by atomic mass is 9.92. The molecule has 1 saturated carbocycles. The van der Waals surface area contributed by atoms with Gasteiger partial charge in [-0.25, -0.2) is 4.98 Å². The van der Waals surface area contributed by atoms with Crippen LogP contribution in [-0.4, -0.2) is 35.1 Å². The molecule has 1 heterocycles. The van der Waals surface area contributed by atoms with Crippen LogP contribution in [0.25, 0.3) is 0 Å². The molecule has 0 radical (unpaired) electrons. The van der Waals surface area contributed by atoms with Gasteiger partial charge in [-0.05, 0) is 25.7 Å². The molecule has 0 unspecified atom stereocenters. The summed E-state index contributed by atoms with van der Waals surface area (Å²) in [7, 11) is 1.49. The predicted molar refractivity (Wildman–Crippen MR) is 66.3 cm³/mol. The van der Waals surface area contributed by atoms with Crippen LogP contribution in [0.2, 0.25) is 0 Å². The SMILES string of the molecule is COc1cncc(C(=O)NC2CCC(N)CC2)n1. The zero-order chi connectivity index (χ0) is 13.0. The molecule has 6 nitrogen and oxygen atoms in total. The first-order chi connectivity index (χ1) is 8.69. The molecule has 2 rings (SSSR count). The standard InChI is InChI=1S/C12H18N4O2/c1-18-11-7-14-6-10(16-11)12(17)15-9-4-2-8(13)3-5-9/h6-9H,2-5,13H2,1H3,(H,15,17). The van der Waals surface area contributed by atoms with E-state index in [1.807, 2.05) is 0 Å². The lowest BCUT2D eigenvalue weighted by molar-refractivity contribution is 0.0919. The molecule has 1 aromatic heterocycles. The average Bonchev–Trinajstić information content (AvgIpc) is 2.41. The molecule has 0 aliphatic heterocycles. The van der Waals surface area contributed by atoms with Gasteiger partial charge in [-0.15, -0.1) is 0 Å². The van der Waals surface area contributed by atoms with Crippen LogP contribution in [0.3, 0.4) is 0 Å². The van der Waals surface area contributed by atoms with Crippen molar-refractivity contribution in [2.24, 2.45) is 5.73 Å². The lowest BCUT2D eigenvalue weighted by Crippen LogP contribution is -2.40. The fourth-order valence-corrected chi connectivity index (χ4v) is 2.08. The number of hydrogen-bond acceptors (Lipinski definition) is 5. The number of rotatable bonds is 3. The van der Waals surface area contributed by atoms with Gasteiger partial charge in [-0.1, -0.05) is 0 Å². The zero-order valence-corrected chi connectivity index (χ0v) is 10.4. The van der Waals surface area contributed by atoms with Gasteiger partial charge in [0.25, 0.3) is 5.91 Å². The molecule has 18 heavy (non-hydrogen) atoms. The van der Waals surface area contributed by atoms with E-state index in [1.54, 1.807) is 0 Å². The predicted octanol–water partition coefficient (Wildman–Crippen LogP) is 0.485. The minimum absolute atomic E-state index is 0.185. The smallest absolute Gasteiger partial charge is 0.271 e. The van der Waals surface area contributed by atoms with Crippen LogP contribution in [0.15, 0.2) is 12.4 Å². The topological polar surface area (TPSA) is 90.1 Å². The van der Waals surface area contributed by atoms with E-state index in [1.165, 1.54) is 19.5 Å². The van der Waals surface area contributed by atoms with Crippen LogP contribution in [0, 0.1) is 0 Å². The molecule has 0 aromatic carbocycles. The second-order valence-electron chi connectivity index (χ2n) is 4.53. The number of aromatic nitrogens is 2. The number of nitrogens with zero attached hydrogens (tertiary/aromatic N) is 2. The second-order valence-corrected chi connectivity index (χ2v) is 4.53. The Morgan fingerprint density at radius 1 is 1.39 bits per heavy atom. The Bertz CT molecular complexity index is 416. The molecule has 1 aliphatic rings. The van der Waals surface area contributed by atoms with Gasteiger partial charge in [0.1, 0.15) is 5.69 Å². The molecule has 0 atom stereocenters. The summed E-state index contributed by atoms with van der Waals surface area (Å²) in [4.78, 5) is 19.9. The van der Waals surface area contributed by atoms with Crippen LogP contribution in [0.5, 0.6) is 5.88 Å². The maximum absolute atomic E-state index is 12.0. The van der Waals surface area contributed by atoms with Crippen LogP contribution in [-0.2, 0) is 0 Å². The number of carbonyl (C=O) groups excluding carboxylic acids is 1. The van der Waals surface area contributed by atoms with Crippen molar-refractivity contribution in [3.05, 3.63) is 18.1 Å².